The summed E-state index contributed by atoms with van der Waals surface area (Å²) in [4.78, 5) is 0. The van der Waals surface area contributed by atoms with Gasteiger partial charge in [-0.15, -0.1) is 0 Å². The molecule has 2 unspecified atom stereocenters. The van der Waals surface area contributed by atoms with Gasteiger partial charge in [0.25, 0.3) is 6.29 Å². The maximum absolute atomic E-state index is 11.7. The third kappa shape index (κ3) is 5.55. The highest BCUT2D eigenvalue weighted by atomic mass is 35.5. The molecule has 0 saturated carbocycles. The molecule has 0 aromatic heterocycles. The molecular weight excluding hydrogens is 208 g/mol. The van der Waals surface area contributed by atoms with Gasteiger partial charge < -0.3 is 4.74 Å². The lowest BCUT2D eigenvalue weighted by molar-refractivity contribution is -0.228. The molecule has 1 radical (unpaired) electrons. The molecule has 7 heteroatoms. The topological polar surface area (TPSA) is 29.1 Å². The van der Waals surface area contributed by atoms with Crippen LogP contribution in [-0.2, 0) is 9.84 Å². The fourth-order valence-corrected chi connectivity index (χ4v) is 0.390. The Hall–Kier alpha value is 0.290. The monoisotopic (exact) mass is 211 g/mol. The van der Waals surface area contributed by atoms with Gasteiger partial charge in [0.15, 0.2) is 5.63 Å². The van der Waals surface area contributed by atoms with Crippen molar-refractivity contribution in [1.29, 1.82) is 0 Å². The van der Waals surface area contributed by atoms with Crippen LogP contribution in [0.3, 0.4) is 0 Å². The molecule has 0 spiro atoms. The zero-order valence-corrected chi connectivity index (χ0v) is 6.58. The predicted octanol–water partition coefficient (Wildman–Crippen LogP) is 2.13. The SMILES string of the molecule is [O]C(OCC(F)Cl)C(F)(F)Cl. The molecule has 0 rings (SSSR count). The molecule has 0 aliphatic heterocycles. The molecule has 0 saturated heterocycles. The van der Waals surface area contributed by atoms with E-state index >= 15 is 0 Å². The van der Waals surface area contributed by atoms with Crippen LogP contribution in [0.25, 0.3) is 0 Å². The molecular formula is C4H4Cl2F3O2. The summed E-state index contributed by atoms with van der Waals surface area (Å²) in [6, 6.07) is 0. The molecule has 11 heavy (non-hydrogen) atoms. The van der Waals surface area contributed by atoms with E-state index in [4.69, 9.17) is 0 Å². The average Bonchev–Trinajstić information content (AvgIpc) is 1.80. The molecule has 2 atom stereocenters. The Morgan fingerprint density at radius 1 is 1.55 bits per heavy atom. The second-order valence-corrected chi connectivity index (χ2v) is 2.58. The number of halogens is 5. The van der Waals surface area contributed by atoms with Crippen LogP contribution in [0.1, 0.15) is 0 Å². The Kier molecular flexibility index (Phi) is 4.46. The molecule has 0 amide bonds. The maximum Gasteiger partial charge on any atom is 0.374 e. The number of hydrogen-bond acceptors (Lipinski definition) is 1. The van der Waals surface area contributed by atoms with E-state index in [1.54, 1.807) is 0 Å². The lowest BCUT2D eigenvalue weighted by Gasteiger charge is -2.13. The lowest BCUT2D eigenvalue weighted by Crippen LogP contribution is -2.30. The average molecular weight is 212 g/mol. The summed E-state index contributed by atoms with van der Waals surface area (Å²) in [5, 5.41) is 6.09. The first-order chi connectivity index (χ1) is 4.84. The van der Waals surface area contributed by atoms with E-state index in [0.717, 1.165) is 0 Å². The zero-order valence-electron chi connectivity index (χ0n) is 5.07. The van der Waals surface area contributed by atoms with Crippen LogP contribution in [0.4, 0.5) is 13.2 Å². The van der Waals surface area contributed by atoms with Gasteiger partial charge in [-0.25, -0.2) is 4.39 Å². The van der Waals surface area contributed by atoms with Crippen LogP contribution >= 0.6 is 23.2 Å². The third-order valence-electron chi connectivity index (χ3n) is 0.641. The van der Waals surface area contributed by atoms with E-state index in [1.165, 1.54) is 0 Å². The van der Waals surface area contributed by atoms with Gasteiger partial charge in [-0.1, -0.05) is 11.6 Å². The highest BCUT2D eigenvalue weighted by Crippen LogP contribution is 2.24. The molecule has 0 aliphatic rings. The summed E-state index contributed by atoms with van der Waals surface area (Å²) in [6.07, 6.45) is -2.79. The highest BCUT2D eigenvalue weighted by molar-refractivity contribution is 6.22. The van der Waals surface area contributed by atoms with Gasteiger partial charge in [0.1, 0.15) is 0 Å². The molecule has 0 aromatic carbocycles. The Morgan fingerprint density at radius 3 is 2.27 bits per heavy atom. The number of rotatable bonds is 4. The van der Waals surface area contributed by atoms with E-state index in [-0.39, 0.29) is 0 Å². The lowest BCUT2D eigenvalue weighted by atomic mass is 10.6. The fraction of sp³-hybridized carbons (Fsp3) is 1.00. The standard InChI is InChI=1S/C4H4Cl2F3O2/c5-2(7)1-11-3(10)4(6,8)9/h2-3H,1H2. The van der Waals surface area contributed by atoms with Crippen molar-refractivity contribution in [3.05, 3.63) is 0 Å². The van der Waals surface area contributed by atoms with Crippen LogP contribution in [0.15, 0.2) is 0 Å². The van der Waals surface area contributed by atoms with Crippen LogP contribution in [0, 0.1) is 0 Å². The molecule has 0 heterocycles. The van der Waals surface area contributed by atoms with Crippen molar-refractivity contribution < 1.29 is 23.0 Å². The highest BCUT2D eigenvalue weighted by Gasteiger charge is 2.38. The van der Waals surface area contributed by atoms with Crippen molar-refractivity contribution in [3.63, 3.8) is 0 Å². The van der Waals surface area contributed by atoms with Gasteiger partial charge >= 0.3 is 5.38 Å². The summed E-state index contributed by atoms with van der Waals surface area (Å²) in [5.74, 6) is 0. The number of hydrogen-bond donors (Lipinski definition) is 0. The summed E-state index contributed by atoms with van der Waals surface area (Å²) in [7, 11) is 0. The normalized spacial score (nSPS) is 18.0. The van der Waals surface area contributed by atoms with E-state index in [9.17, 15) is 18.3 Å². The Morgan fingerprint density at radius 2 is 2.00 bits per heavy atom. The van der Waals surface area contributed by atoms with Crippen molar-refractivity contribution in [3.8, 4) is 0 Å². The minimum atomic E-state index is -4.04. The summed E-state index contributed by atoms with van der Waals surface area (Å²) in [6.45, 7) is -0.905. The Labute approximate surface area is 70.8 Å². The summed E-state index contributed by atoms with van der Waals surface area (Å²) >= 11 is 8.88. The van der Waals surface area contributed by atoms with Crippen LogP contribution < -0.4 is 0 Å². The van der Waals surface area contributed by atoms with Crippen molar-refractivity contribution in [2.45, 2.75) is 17.3 Å². The summed E-state index contributed by atoms with van der Waals surface area (Å²) < 4.78 is 38.8. The van der Waals surface area contributed by atoms with Crippen molar-refractivity contribution >= 4 is 23.2 Å². The minimum Gasteiger partial charge on any atom is -0.340 e. The van der Waals surface area contributed by atoms with Gasteiger partial charge in [0.2, 0.25) is 0 Å². The van der Waals surface area contributed by atoms with Crippen LogP contribution in [-0.4, -0.2) is 23.9 Å². The molecule has 2 nitrogen and oxygen atoms in total. The molecule has 0 aliphatic carbocycles. The second kappa shape index (κ2) is 4.35. The molecule has 0 N–H and O–H groups in total. The first kappa shape index (κ1) is 11.3. The van der Waals surface area contributed by atoms with Gasteiger partial charge in [-0.2, -0.15) is 13.9 Å². The predicted molar refractivity (Wildman–Crippen MR) is 32.0 cm³/mol. The third-order valence-corrected chi connectivity index (χ3v) is 0.945. The molecule has 0 aromatic rings. The fourth-order valence-electron chi connectivity index (χ4n) is 0.255. The first-order valence-electron chi connectivity index (χ1n) is 2.46. The van der Waals surface area contributed by atoms with Gasteiger partial charge in [0, 0.05) is 0 Å². The molecule has 67 valence electrons. The smallest absolute Gasteiger partial charge is 0.340 e. The largest absolute Gasteiger partial charge is 0.374 e. The van der Waals surface area contributed by atoms with E-state index in [1.807, 2.05) is 0 Å². The summed E-state index contributed by atoms with van der Waals surface area (Å²) in [5.41, 5.74) is -1.98. The number of ether oxygens (including phenoxy) is 1. The van der Waals surface area contributed by atoms with Gasteiger partial charge in [-0.05, 0) is 11.6 Å². The second-order valence-electron chi connectivity index (χ2n) is 1.60. The minimum absolute atomic E-state index is 0.905. The molecule has 0 fully saturated rings. The van der Waals surface area contributed by atoms with E-state index in [0.29, 0.717) is 0 Å². The van der Waals surface area contributed by atoms with Crippen molar-refractivity contribution in [2.75, 3.05) is 6.61 Å². The first-order valence-corrected chi connectivity index (χ1v) is 3.27. The maximum atomic E-state index is 11.7. The van der Waals surface area contributed by atoms with Gasteiger partial charge in [-0.3, -0.25) is 0 Å². The number of alkyl halides is 5. The quantitative estimate of drug-likeness (QED) is 0.518. The zero-order chi connectivity index (χ0) is 9.07. The van der Waals surface area contributed by atoms with Crippen molar-refractivity contribution in [1.82, 2.24) is 0 Å². The van der Waals surface area contributed by atoms with Crippen LogP contribution in [0.2, 0.25) is 0 Å². The van der Waals surface area contributed by atoms with Crippen molar-refractivity contribution in [2.24, 2.45) is 0 Å². The van der Waals surface area contributed by atoms with E-state index in [2.05, 4.69) is 27.9 Å². The molecule has 0 bridgehead atoms. The van der Waals surface area contributed by atoms with Crippen LogP contribution in [0.5, 0.6) is 0 Å². The Balaban J connectivity index is 3.61. The van der Waals surface area contributed by atoms with E-state index < -0.39 is 23.9 Å². The Bertz CT molecular complexity index is 116. The van der Waals surface area contributed by atoms with Gasteiger partial charge in [0.05, 0.1) is 6.61 Å².